The average molecular weight is 377 g/mol. The van der Waals surface area contributed by atoms with Gasteiger partial charge in [0, 0.05) is 23.1 Å². The largest absolute Gasteiger partial charge is 0.347 e. The summed E-state index contributed by atoms with van der Waals surface area (Å²) >= 11 is 3.09. The highest BCUT2D eigenvalue weighted by Crippen LogP contribution is 2.28. The van der Waals surface area contributed by atoms with E-state index in [0.717, 1.165) is 32.3 Å². The molecule has 26 heavy (non-hydrogen) atoms. The predicted molar refractivity (Wildman–Crippen MR) is 108 cm³/mol. The molecule has 0 radical (unpaired) electrons. The molecule has 0 fully saturated rings. The molecular formula is C21H16N2OS2. The highest BCUT2D eigenvalue weighted by Gasteiger charge is 2.08. The zero-order valence-corrected chi connectivity index (χ0v) is 15.5. The van der Waals surface area contributed by atoms with E-state index in [1.54, 1.807) is 11.3 Å². The number of hydrogen-bond donors (Lipinski definition) is 1. The van der Waals surface area contributed by atoms with Crippen molar-refractivity contribution >= 4 is 28.6 Å². The summed E-state index contributed by atoms with van der Waals surface area (Å²) in [6.45, 7) is 0.518. The molecule has 0 atom stereocenters. The van der Waals surface area contributed by atoms with Gasteiger partial charge in [-0.1, -0.05) is 60.7 Å². The van der Waals surface area contributed by atoms with Crippen molar-refractivity contribution < 1.29 is 4.79 Å². The summed E-state index contributed by atoms with van der Waals surface area (Å²) in [4.78, 5) is 17.5. The highest BCUT2D eigenvalue weighted by molar-refractivity contribution is 7.13. The molecule has 2 heterocycles. The van der Waals surface area contributed by atoms with Gasteiger partial charge in [0.25, 0.3) is 5.91 Å². The van der Waals surface area contributed by atoms with E-state index in [0.29, 0.717) is 6.54 Å². The summed E-state index contributed by atoms with van der Waals surface area (Å²) in [7, 11) is 0. The lowest BCUT2D eigenvalue weighted by Crippen LogP contribution is -2.21. The third kappa shape index (κ3) is 3.74. The SMILES string of the molecule is O=C(NCc1ccc(-c2nc(-c3ccccc3)cs2)cc1)c1cccs1. The first kappa shape index (κ1) is 16.7. The van der Waals surface area contributed by atoms with Crippen LogP contribution in [-0.2, 0) is 6.54 Å². The minimum atomic E-state index is -0.0310. The van der Waals surface area contributed by atoms with Crippen LogP contribution in [0.2, 0.25) is 0 Å². The second-order valence-corrected chi connectivity index (χ2v) is 7.57. The fourth-order valence-corrected chi connectivity index (χ4v) is 4.07. The molecule has 0 aliphatic heterocycles. The van der Waals surface area contributed by atoms with Gasteiger partial charge in [0.1, 0.15) is 5.01 Å². The standard InChI is InChI=1S/C21H16N2OS2/c24-20(19-7-4-12-25-19)22-13-15-8-10-17(11-9-15)21-23-18(14-26-21)16-5-2-1-3-6-16/h1-12,14H,13H2,(H,22,24). The molecule has 4 rings (SSSR count). The van der Waals surface area contributed by atoms with Crippen LogP contribution >= 0.6 is 22.7 Å². The molecule has 4 aromatic rings. The zero-order valence-electron chi connectivity index (χ0n) is 13.9. The van der Waals surface area contributed by atoms with Crippen LogP contribution < -0.4 is 5.32 Å². The molecular weight excluding hydrogens is 360 g/mol. The van der Waals surface area contributed by atoms with Gasteiger partial charge in [0.2, 0.25) is 0 Å². The first-order chi connectivity index (χ1) is 12.8. The molecule has 1 amide bonds. The van der Waals surface area contributed by atoms with Crippen LogP contribution in [0.25, 0.3) is 21.8 Å². The zero-order chi connectivity index (χ0) is 17.8. The van der Waals surface area contributed by atoms with Crippen molar-refractivity contribution in [2.24, 2.45) is 0 Å². The Hall–Kier alpha value is -2.76. The Morgan fingerprint density at radius 2 is 1.69 bits per heavy atom. The van der Waals surface area contributed by atoms with Gasteiger partial charge in [-0.2, -0.15) is 0 Å². The Morgan fingerprint density at radius 3 is 2.42 bits per heavy atom. The minimum absolute atomic E-state index is 0.0310. The molecule has 0 spiro atoms. The summed E-state index contributed by atoms with van der Waals surface area (Å²) in [5.41, 5.74) is 4.28. The molecule has 0 aliphatic rings. The fraction of sp³-hybridized carbons (Fsp3) is 0.0476. The third-order valence-corrected chi connectivity index (χ3v) is 5.73. The molecule has 1 N–H and O–H groups in total. The van der Waals surface area contributed by atoms with E-state index in [4.69, 9.17) is 4.98 Å². The number of thiophene rings is 1. The van der Waals surface area contributed by atoms with Crippen molar-refractivity contribution in [1.29, 1.82) is 0 Å². The maximum atomic E-state index is 12.0. The number of thiazole rings is 1. The molecule has 3 nitrogen and oxygen atoms in total. The quantitative estimate of drug-likeness (QED) is 0.502. The van der Waals surface area contributed by atoms with Crippen LogP contribution in [0.15, 0.2) is 77.5 Å². The summed E-state index contributed by atoms with van der Waals surface area (Å²) in [5, 5.41) is 7.93. The van der Waals surface area contributed by atoms with Gasteiger partial charge in [-0.05, 0) is 17.0 Å². The first-order valence-corrected chi connectivity index (χ1v) is 9.97. The van der Waals surface area contributed by atoms with Gasteiger partial charge in [-0.25, -0.2) is 4.98 Å². The van der Waals surface area contributed by atoms with Crippen LogP contribution in [0.5, 0.6) is 0 Å². The Balaban J connectivity index is 1.43. The second-order valence-electron chi connectivity index (χ2n) is 5.76. The number of carbonyl (C=O) groups is 1. The number of benzene rings is 2. The van der Waals surface area contributed by atoms with Crippen molar-refractivity contribution in [3.63, 3.8) is 0 Å². The fourth-order valence-electron chi connectivity index (χ4n) is 2.59. The number of carbonyl (C=O) groups excluding carboxylic acids is 1. The number of nitrogens with one attached hydrogen (secondary N) is 1. The molecule has 0 saturated carbocycles. The molecule has 0 unspecified atom stereocenters. The Bertz CT molecular complexity index is 990. The van der Waals surface area contributed by atoms with E-state index >= 15 is 0 Å². The summed E-state index contributed by atoms with van der Waals surface area (Å²) < 4.78 is 0. The average Bonchev–Trinajstić information content (AvgIpc) is 3.39. The second kappa shape index (κ2) is 7.64. The number of hydrogen-bond acceptors (Lipinski definition) is 4. The van der Waals surface area contributed by atoms with E-state index in [1.807, 2.05) is 47.8 Å². The van der Waals surface area contributed by atoms with Crippen LogP contribution in [0.4, 0.5) is 0 Å². The van der Waals surface area contributed by atoms with Crippen LogP contribution in [-0.4, -0.2) is 10.9 Å². The molecule has 128 valence electrons. The van der Waals surface area contributed by atoms with Crippen molar-refractivity contribution in [3.8, 4) is 21.8 Å². The number of amides is 1. The maximum absolute atomic E-state index is 12.0. The van der Waals surface area contributed by atoms with E-state index < -0.39 is 0 Å². The molecule has 0 saturated heterocycles. The van der Waals surface area contributed by atoms with E-state index in [-0.39, 0.29) is 5.91 Å². The monoisotopic (exact) mass is 376 g/mol. The van der Waals surface area contributed by atoms with E-state index in [9.17, 15) is 4.79 Å². The van der Waals surface area contributed by atoms with Gasteiger partial charge >= 0.3 is 0 Å². The number of nitrogens with zero attached hydrogens (tertiary/aromatic N) is 1. The van der Waals surface area contributed by atoms with Gasteiger partial charge < -0.3 is 5.32 Å². The summed E-state index contributed by atoms with van der Waals surface area (Å²) in [5.74, 6) is -0.0310. The smallest absolute Gasteiger partial charge is 0.261 e. The van der Waals surface area contributed by atoms with Crippen LogP contribution in [0.1, 0.15) is 15.2 Å². The molecule has 5 heteroatoms. The summed E-state index contributed by atoms with van der Waals surface area (Å²) in [6, 6.07) is 22.1. The topological polar surface area (TPSA) is 42.0 Å². The lowest BCUT2D eigenvalue weighted by molar-refractivity contribution is 0.0955. The minimum Gasteiger partial charge on any atom is -0.347 e. The summed E-state index contributed by atoms with van der Waals surface area (Å²) in [6.07, 6.45) is 0. The predicted octanol–water partition coefficient (Wildman–Crippen LogP) is 5.47. The highest BCUT2D eigenvalue weighted by atomic mass is 32.1. The maximum Gasteiger partial charge on any atom is 0.261 e. The Labute approximate surface area is 160 Å². The van der Waals surface area contributed by atoms with Crippen molar-refractivity contribution in [3.05, 3.63) is 87.9 Å². The number of aromatic nitrogens is 1. The van der Waals surface area contributed by atoms with Crippen molar-refractivity contribution in [2.75, 3.05) is 0 Å². The first-order valence-electron chi connectivity index (χ1n) is 8.21. The Morgan fingerprint density at radius 1 is 0.885 bits per heavy atom. The van der Waals surface area contributed by atoms with Gasteiger partial charge in [0.15, 0.2) is 0 Å². The normalized spacial score (nSPS) is 10.6. The van der Waals surface area contributed by atoms with Gasteiger partial charge in [0.05, 0.1) is 10.6 Å². The van der Waals surface area contributed by atoms with E-state index in [1.165, 1.54) is 11.3 Å². The lowest BCUT2D eigenvalue weighted by Gasteiger charge is -2.05. The molecule has 2 aromatic carbocycles. The molecule has 2 aromatic heterocycles. The van der Waals surface area contributed by atoms with Crippen molar-refractivity contribution in [1.82, 2.24) is 10.3 Å². The molecule has 0 bridgehead atoms. The lowest BCUT2D eigenvalue weighted by atomic mass is 10.1. The van der Waals surface area contributed by atoms with Crippen molar-refractivity contribution in [2.45, 2.75) is 6.54 Å². The van der Waals surface area contributed by atoms with Crippen LogP contribution in [0, 0.1) is 0 Å². The Kier molecular flexibility index (Phi) is 4.91. The molecule has 0 aliphatic carbocycles. The third-order valence-electron chi connectivity index (χ3n) is 3.97. The van der Waals surface area contributed by atoms with Crippen LogP contribution in [0.3, 0.4) is 0 Å². The van der Waals surface area contributed by atoms with Gasteiger partial charge in [-0.3, -0.25) is 4.79 Å². The van der Waals surface area contributed by atoms with E-state index in [2.05, 4.69) is 35.0 Å². The number of rotatable bonds is 5. The van der Waals surface area contributed by atoms with Gasteiger partial charge in [-0.15, -0.1) is 22.7 Å².